The van der Waals surface area contributed by atoms with Crippen LogP contribution in [0.3, 0.4) is 0 Å². The monoisotopic (exact) mass is 488 g/mol. The van der Waals surface area contributed by atoms with Crippen LogP contribution in [0, 0.1) is 11.8 Å². The highest BCUT2D eigenvalue weighted by Crippen LogP contribution is 2.59. The molecule has 0 aliphatic heterocycles. The fourth-order valence-electron chi connectivity index (χ4n) is 4.99. The maximum absolute atomic E-state index is 13.4. The number of hydrogen-bond acceptors (Lipinski definition) is 7. The summed E-state index contributed by atoms with van der Waals surface area (Å²) in [6.07, 6.45) is 2.52. The molecule has 4 atom stereocenters. The molecule has 8 heteroatoms. The maximum Gasteiger partial charge on any atom is 0.330 e. The summed E-state index contributed by atoms with van der Waals surface area (Å²) >= 11 is 0. The second kappa shape index (κ2) is 10.8. The lowest BCUT2D eigenvalue weighted by Gasteiger charge is -2.48. The zero-order valence-corrected chi connectivity index (χ0v) is 21.8. The molecule has 4 rings (SSSR count). The van der Waals surface area contributed by atoms with Gasteiger partial charge >= 0.3 is 17.9 Å². The quantitative estimate of drug-likeness (QED) is 0.236. The average molecular weight is 489 g/mol. The first-order chi connectivity index (χ1) is 16.1. The van der Waals surface area contributed by atoms with Gasteiger partial charge in [-0.05, 0) is 49.1 Å². The van der Waals surface area contributed by atoms with Crippen molar-refractivity contribution in [1.29, 1.82) is 0 Å². The number of carbonyl (C=O) groups excluding carboxylic acids is 3. The largest absolute Gasteiger partial charge is 0.508 e. The molecule has 3 aliphatic carbocycles. The van der Waals surface area contributed by atoms with Gasteiger partial charge in [0, 0.05) is 26.0 Å². The van der Waals surface area contributed by atoms with Gasteiger partial charge in [0.1, 0.15) is 5.75 Å². The number of rotatable bonds is 9. The Morgan fingerprint density at radius 3 is 2.32 bits per heavy atom. The van der Waals surface area contributed by atoms with E-state index in [0.717, 1.165) is 17.2 Å². The summed E-state index contributed by atoms with van der Waals surface area (Å²) in [5.74, 6) is -3.78. The summed E-state index contributed by atoms with van der Waals surface area (Å²) in [6.45, 7) is 11.1. The highest BCUT2D eigenvalue weighted by Gasteiger charge is 2.56. The van der Waals surface area contributed by atoms with Gasteiger partial charge in [-0.25, -0.2) is 4.79 Å². The van der Waals surface area contributed by atoms with Gasteiger partial charge in [0.2, 0.25) is 0 Å². The van der Waals surface area contributed by atoms with Gasteiger partial charge in [-0.3, -0.25) is 9.59 Å². The van der Waals surface area contributed by atoms with Crippen molar-refractivity contribution in [3.63, 3.8) is 0 Å². The molecule has 1 unspecified atom stereocenters. The van der Waals surface area contributed by atoms with Crippen molar-refractivity contribution in [1.82, 2.24) is 0 Å². The lowest BCUT2D eigenvalue weighted by Crippen LogP contribution is -2.48. The molecule has 1 aromatic rings. The summed E-state index contributed by atoms with van der Waals surface area (Å²) in [4.78, 5) is 39.0. The van der Waals surface area contributed by atoms with Crippen LogP contribution in [-0.4, -0.2) is 50.9 Å². The van der Waals surface area contributed by atoms with Crippen molar-refractivity contribution in [2.24, 2.45) is 11.8 Å². The fraction of sp³-hybridized carbons (Fsp3) is 0.577. The Morgan fingerprint density at radius 2 is 1.68 bits per heavy atom. The second-order valence-corrected chi connectivity index (χ2v) is 15.9. The Morgan fingerprint density at radius 1 is 1.00 bits per heavy atom. The van der Waals surface area contributed by atoms with E-state index in [1.807, 2.05) is 6.92 Å². The Kier molecular flexibility index (Phi) is 8.23. The number of phenols is 1. The van der Waals surface area contributed by atoms with Crippen molar-refractivity contribution >= 4 is 26.0 Å². The van der Waals surface area contributed by atoms with Crippen molar-refractivity contribution < 1.29 is 33.7 Å². The molecule has 3 aliphatic rings. The van der Waals surface area contributed by atoms with Crippen LogP contribution < -0.4 is 0 Å². The minimum Gasteiger partial charge on any atom is -0.508 e. The van der Waals surface area contributed by atoms with E-state index in [4.69, 9.17) is 14.2 Å². The number of esters is 3. The fourth-order valence-corrected chi connectivity index (χ4v) is 5.71. The van der Waals surface area contributed by atoms with E-state index in [1.54, 1.807) is 25.1 Å². The maximum atomic E-state index is 13.4. The van der Waals surface area contributed by atoms with E-state index in [2.05, 4.69) is 19.6 Å². The van der Waals surface area contributed by atoms with Gasteiger partial charge in [0.15, 0.2) is 0 Å². The predicted octanol–water partition coefficient (Wildman–Crippen LogP) is 4.53. The van der Waals surface area contributed by atoms with Gasteiger partial charge in [0.25, 0.3) is 0 Å². The highest BCUT2D eigenvalue weighted by molar-refractivity contribution is 6.76. The summed E-state index contributed by atoms with van der Waals surface area (Å²) in [5.41, 5.74) is 2.36. The van der Waals surface area contributed by atoms with Crippen molar-refractivity contribution in [2.75, 3.05) is 19.8 Å². The van der Waals surface area contributed by atoms with E-state index < -0.39 is 43.7 Å². The van der Waals surface area contributed by atoms with Gasteiger partial charge in [-0.15, -0.1) is 0 Å². The van der Waals surface area contributed by atoms with Crippen LogP contribution in [0.25, 0.3) is 0 Å². The van der Waals surface area contributed by atoms with E-state index in [0.29, 0.717) is 25.0 Å². The van der Waals surface area contributed by atoms with Crippen molar-refractivity contribution in [3.8, 4) is 5.75 Å². The molecule has 0 heterocycles. The molecule has 0 saturated heterocycles. The third kappa shape index (κ3) is 5.71. The summed E-state index contributed by atoms with van der Waals surface area (Å²) in [7, 11) is -1.40. The third-order valence-electron chi connectivity index (χ3n) is 6.52. The Hall–Kier alpha value is -2.61. The Labute approximate surface area is 202 Å². The van der Waals surface area contributed by atoms with E-state index in [-0.39, 0.29) is 24.9 Å². The molecule has 1 fully saturated rings. The lowest BCUT2D eigenvalue weighted by atomic mass is 9.54. The average Bonchev–Trinajstić information content (AvgIpc) is 2.76. The van der Waals surface area contributed by atoms with Crippen molar-refractivity contribution in [3.05, 3.63) is 41.0 Å². The van der Waals surface area contributed by atoms with Crippen LogP contribution in [0.1, 0.15) is 49.7 Å². The van der Waals surface area contributed by atoms with Crippen LogP contribution >= 0.6 is 0 Å². The minimum absolute atomic E-state index is 0.0664. The number of carbonyl (C=O) groups is 3. The number of phenolic OH excluding ortho intramolecular Hbond substituents is 1. The Balaban J connectivity index is 2.04. The van der Waals surface area contributed by atoms with Crippen molar-refractivity contribution in [2.45, 2.75) is 64.2 Å². The van der Waals surface area contributed by atoms with E-state index in [9.17, 15) is 19.5 Å². The molecule has 0 aromatic heterocycles. The zero-order valence-electron chi connectivity index (χ0n) is 20.8. The summed E-state index contributed by atoms with van der Waals surface area (Å²) in [5, 5.41) is 10.2. The molecular weight excluding hydrogens is 452 g/mol. The molecule has 7 nitrogen and oxygen atoms in total. The first-order valence-electron chi connectivity index (χ1n) is 12.1. The van der Waals surface area contributed by atoms with Crippen LogP contribution in [0.4, 0.5) is 0 Å². The molecule has 1 N–H and O–H groups in total. The molecular formula is C26H36O7Si. The van der Waals surface area contributed by atoms with Crippen LogP contribution in [-0.2, 0) is 28.6 Å². The lowest BCUT2D eigenvalue weighted by molar-refractivity contribution is -0.164. The van der Waals surface area contributed by atoms with Gasteiger partial charge in [-0.2, -0.15) is 0 Å². The zero-order chi connectivity index (χ0) is 25.0. The number of ether oxygens (including phenoxy) is 3. The second-order valence-electron chi connectivity index (χ2n) is 10.3. The van der Waals surface area contributed by atoms with Crippen LogP contribution in [0.5, 0.6) is 5.75 Å². The van der Waals surface area contributed by atoms with Gasteiger partial charge in [-0.1, -0.05) is 38.2 Å². The van der Waals surface area contributed by atoms with Gasteiger partial charge in [0.05, 0.1) is 31.7 Å². The standard InChI is InChI=1S/C26H36O7Si/c1-6-10-32-26(30)24-22-16(14-21(28)31-7-2)13-19(18-9-8-17(27)15-20(18)22)23(24)25(29)33-11-12-34(3,4)5/h8-9,14-15,19,22-24,27H,6-7,10-13H2,1-5H3/b16-14-/t19?,22-,23+,24+/m0/s1. The third-order valence-corrected chi connectivity index (χ3v) is 8.22. The van der Waals surface area contributed by atoms with Crippen LogP contribution in [0.2, 0.25) is 25.7 Å². The van der Waals surface area contributed by atoms with E-state index >= 15 is 0 Å². The van der Waals surface area contributed by atoms with E-state index in [1.165, 1.54) is 6.08 Å². The molecule has 186 valence electrons. The predicted molar refractivity (Wildman–Crippen MR) is 130 cm³/mol. The van der Waals surface area contributed by atoms with Gasteiger partial charge < -0.3 is 19.3 Å². The topological polar surface area (TPSA) is 99.1 Å². The number of hydrogen-bond donors (Lipinski definition) is 1. The van der Waals surface area contributed by atoms with Crippen LogP contribution in [0.15, 0.2) is 29.8 Å². The Bertz CT molecular complexity index is 962. The molecule has 34 heavy (non-hydrogen) atoms. The molecule has 0 spiro atoms. The SMILES string of the molecule is CCCOC(=O)[C@H]1[C@H](C(=O)OCC[Si](C)(C)C)C2C/C(=C/C(=O)OCC)[C@H]1c1cc(O)ccc12. The molecule has 1 aromatic carbocycles. The number of allylic oxidation sites excluding steroid dienone is 1. The minimum atomic E-state index is -1.40. The molecule has 0 radical (unpaired) electrons. The number of aromatic hydroxyl groups is 1. The molecule has 2 bridgehead atoms. The first kappa shape index (κ1) is 26.0. The normalized spacial score (nSPS) is 24.4. The first-order valence-corrected chi connectivity index (χ1v) is 15.8. The summed E-state index contributed by atoms with van der Waals surface area (Å²) < 4.78 is 16.4. The number of benzene rings is 1. The number of fused-ring (bicyclic) bond motifs is 2. The molecule has 1 saturated carbocycles. The highest BCUT2D eigenvalue weighted by atomic mass is 28.3. The summed E-state index contributed by atoms with van der Waals surface area (Å²) in [6, 6.07) is 5.85. The smallest absolute Gasteiger partial charge is 0.330 e. The molecule has 0 amide bonds.